The molecular weight excluding hydrogens is 262 g/mol. The number of carbonyl (C=O) groups is 1. The zero-order chi connectivity index (χ0) is 14.5. The van der Waals surface area contributed by atoms with Crippen LogP contribution in [0.5, 0.6) is 0 Å². The van der Waals surface area contributed by atoms with Gasteiger partial charge in [-0.1, -0.05) is 18.2 Å². The average molecular weight is 276 g/mol. The molecule has 2 rings (SSSR count). The first-order chi connectivity index (χ1) is 9.63. The molecule has 0 atom stereocenters. The lowest BCUT2D eigenvalue weighted by Gasteiger charge is -2.22. The molecule has 2 aromatic rings. The smallest absolute Gasteiger partial charge is 0.261 e. The van der Waals surface area contributed by atoms with Crippen molar-refractivity contribution in [2.24, 2.45) is 5.73 Å². The third kappa shape index (κ3) is 3.00. The van der Waals surface area contributed by atoms with Crippen molar-refractivity contribution in [3.05, 3.63) is 65.7 Å². The van der Waals surface area contributed by atoms with E-state index in [4.69, 9.17) is 5.73 Å². The van der Waals surface area contributed by atoms with Gasteiger partial charge in [-0.3, -0.25) is 4.79 Å². The topological polar surface area (TPSA) is 46.3 Å². The number of rotatable bonds is 4. The van der Waals surface area contributed by atoms with Crippen LogP contribution in [0.2, 0.25) is 0 Å². The average Bonchev–Trinajstić information content (AvgIpc) is 2.44. The number of nitrogens with two attached hydrogens (primary N) is 1. The summed E-state index contributed by atoms with van der Waals surface area (Å²) in [6.45, 7) is 0.368. The highest BCUT2D eigenvalue weighted by Gasteiger charge is 2.20. The van der Waals surface area contributed by atoms with Crippen LogP contribution in [0, 0.1) is 11.6 Å². The Kier molecular flexibility index (Phi) is 4.42. The minimum Gasteiger partial charge on any atom is -0.329 e. The molecule has 0 radical (unpaired) electrons. The van der Waals surface area contributed by atoms with Crippen molar-refractivity contribution in [1.82, 2.24) is 0 Å². The molecule has 5 heteroatoms. The highest BCUT2D eigenvalue weighted by molar-refractivity contribution is 6.06. The van der Waals surface area contributed by atoms with E-state index in [9.17, 15) is 13.6 Å². The zero-order valence-electron chi connectivity index (χ0n) is 10.7. The Morgan fingerprint density at radius 3 is 2.50 bits per heavy atom. The highest BCUT2D eigenvalue weighted by atomic mass is 19.1. The number of hydrogen-bond acceptors (Lipinski definition) is 2. The van der Waals surface area contributed by atoms with Crippen LogP contribution in [0.25, 0.3) is 0 Å². The van der Waals surface area contributed by atoms with Gasteiger partial charge in [0.15, 0.2) is 0 Å². The minimum atomic E-state index is -0.615. The van der Waals surface area contributed by atoms with E-state index in [0.717, 1.165) is 0 Å². The van der Waals surface area contributed by atoms with E-state index in [1.165, 1.54) is 41.3 Å². The summed E-state index contributed by atoms with van der Waals surface area (Å²) < 4.78 is 27.0. The van der Waals surface area contributed by atoms with Crippen LogP contribution in [-0.4, -0.2) is 19.0 Å². The fourth-order valence-corrected chi connectivity index (χ4v) is 1.90. The Balaban J connectivity index is 2.39. The normalized spacial score (nSPS) is 10.3. The van der Waals surface area contributed by atoms with Gasteiger partial charge in [-0.25, -0.2) is 8.78 Å². The maximum absolute atomic E-state index is 13.7. The molecule has 0 saturated carbocycles. The summed E-state index contributed by atoms with van der Waals surface area (Å²) in [5.74, 6) is -1.62. The highest BCUT2D eigenvalue weighted by Crippen LogP contribution is 2.19. The first kappa shape index (κ1) is 14.1. The maximum atomic E-state index is 13.7. The fraction of sp³-hybridized carbons (Fsp3) is 0.133. The second-order valence-corrected chi connectivity index (χ2v) is 4.21. The van der Waals surface area contributed by atoms with E-state index in [0.29, 0.717) is 5.69 Å². The summed E-state index contributed by atoms with van der Waals surface area (Å²) >= 11 is 0. The molecule has 0 heterocycles. The van der Waals surface area contributed by atoms with Crippen LogP contribution in [-0.2, 0) is 0 Å². The Morgan fingerprint density at radius 1 is 1.10 bits per heavy atom. The minimum absolute atomic E-state index is 0.0646. The molecule has 0 aliphatic carbocycles. The lowest BCUT2D eigenvalue weighted by Crippen LogP contribution is -2.36. The predicted molar refractivity (Wildman–Crippen MR) is 73.5 cm³/mol. The van der Waals surface area contributed by atoms with Gasteiger partial charge >= 0.3 is 0 Å². The van der Waals surface area contributed by atoms with E-state index in [2.05, 4.69) is 0 Å². The standard InChI is InChI=1S/C15H14F2N2O/c16-11-4-3-5-12(10-11)19(9-8-18)15(20)13-6-1-2-7-14(13)17/h1-7,10H,8-9,18H2. The van der Waals surface area contributed by atoms with Gasteiger partial charge in [0.1, 0.15) is 11.6 Å². The molecule has 0 aliphatic rings. The van der Waals surface area contributed by atoms with Crippen LogP contribution in [0.3, 0.4) is 0 Å². The monoisotopic (exact) mass is 276 g/mol. The summed E-state index contributed by atoms with van der Waals surface area (Å²) in [6.07, 6.45) is 0. The molecule has 0 saturated heterocycles. The number of amides is 1. The fourth-order valence-electron chi connectivity index (χ4n) is 1.90. The van der Waals surface area contributed by atoms with Crippen LogP contribution in [0.15, 0.2) is 48.5 Å². The van der Waals surface area contributed by atoms with Crippen molar-refractivity contribution in [3.63, 3.8) is 0 Å². The van der Waals surface area contributed by atoms with Crippen LogP contribution in [0.1, 0.15) is 10.4 Å². The molecule has 0 bridgehead atoms. The van der Waals surface area contributed by atoms with Crippen LogP contribution < -0.4 is 10.6 Å². The molecule has 0 fully saturated rings. The summed E-state index contributed by atoms with van der Waals surface area (Å²) in [6, 6.07) is 11.2. The number of carbonyl (C=O) groups excluding carboxylic acids is 1. The molecular formula is C15H14F2N2O. The second kappa shape index (κ2) is 6.25. The Labute approximate surface area is 115 Å². The van der Waals surface area contributed by atoms with E-state index in [-0.39, 0.29) is 18.7 Å². The van der Waals surface area contributed by atoms with Crippen molar-refractivity contribution in [2.45, 2.75) is 0 Å². The van der Waals surface area contributed by atoms with Crippen molar-refractivity contribution in [3.8, 4) is 0 Å². The maximum Gasteiger partial charge on any atom is 0.261 e. The van der Waals surface area contributed by atoms with Gasteiger partial charge < -0.3 is 10.6 Å². The second-order valence-electron chi connectivity index (χ2n) is 4.21. The largest absolute Gasteiger partial charge is 0.329 e. The predicted octanol–water partition coefficient (Wildman–Crippen LogP) is 2.57. The van der Waals surface area contributed by atoms with E-state index in [1.807, 2.05) is 0 Å². The SMILES string of the molecule is NCCN(C(=O)c1ccccc1F)c1cccc(F)c1. The quantitative estimate of drug-likeness (QED) is 0.933. The van der Waals surface area contributed by atoms with E-state index in [1.54, 1.807) is 12.1 Å². The van der Waals surface area contributed by atoms with Crippen molar-refractivity contribution in [2.75, 3.05) is 18.0 Å². The van der Waals surface area contributed by atoms with Gasteiger partial charge in [0.25, 0.3) is 5.91 Å². The first-order valence-electron chi connectivity index (χ1n) is 6.15. The summed E-state index contributed by atoms with van der Waals surface area (Å²) in [5.41, 5.74) is 5.76. The molecule has 2 N–H and O–H groups in total. The Morgan fingerprint density at radius 2 is 1.85 bits per heavy atom. The molecule has 0 spiro atoms. The van der Waals surface area contributed by atoms with E-state index < -0.39 is 17.5 Å². The third-order valence-corrected chi connectivity index (χ3v) is 2.82. The van der Waals surface area contributed by atoms with Gasteiger partial charge in [0.05, 0.1) is 5.56 Å². The lowest BCUT2D eigenvalue weighted by molar-refractivity contribution is 0.0983. The Hall–Kier alpha value is -2.27. The summed E-state index contributed by atoms with van der Waals surface area (Å²) in [4.78, 5) is 13.6. The van der Waals surface area contributed by atoms with Gasteiger partial charge in [0.2, 0.25) is 0 Å². The number of nitrogens with zero attached hydrogens (tertiary/aromatic N) is 1. The molecule has 1 amide bonds. The number of anilines is 1. The third-order valence-electron chi connectivity index (χ3n) is 2.82. The van der Waals surface area contributed by atoms with Gasteiger partial charge in [-0.15, -0.1) is 0 Å². The van der Waals surface area contributed by atoms with Crippen molar-refractivity contribution >= 4 is 11.6 Å². The van der Waals surface area contributed by atoms with Crippen molar-refractivity contribution < 1.29 is 13.6 Å². The summed E-state index contributed by atoms with van der Waals surface area (Å²) in [7, 11) is 0. The number of halogens is 2. The van der Waals surface area contributed by atoms with Crippen LogP contribution >= 0.6 is 0 Å². The lowest BCUT2D eigenvalue weighted by atomic mass is 10.1. The molecule has 3 nitrogen and oxygen atoms in total. The van der Waals surface area contributed by atoms with Crippen molar-refractivity contribution in [1.29, 1.82) is 0 Å². The molecule has 2 aromatic carbocycles. The first-order valence-corrected chi connectivity index (χ1v) is 6.15. The molecule has 104 valence electrons. The Bertz CT molecular complexity index is 616. The summed E-state index contributed by atoms with van der Waals surface area (Å²) in [5, 5.41) is 0. The van der Waals surface area contributed by atoms with Gasteiger partial charge in [0, 0.05) is 18.8 Å². The van der Waals surface area contributed by atoms with E-state index >= 15 is 0 Å². The molecule has 20 heavy (non-hydrogen) atoms. The zero-order valence-corrected chi connectivity index (χ0v) is 10.7. The van der Waals surface area contributed by atoms with Gasteiger partial charge in [-0.2, -0.15) is 0 Å². The van der Waals surface area contributed by atoms with Crippen LogP contribution in [0.4, 0.5) is 14.5 Å². The molecule has 0 unspecified atom stereocenters. The van der Waals surface area contributed by atoms with Gasteiger partial charge in [-0.05, 0) is 30.3 Å². The number of hydrogen-bond donors (Lipinski definition) is 1. The molecule has 0 aliphatic heterocycles. The molecule has 0 aromatic heterocycles. The number of benzene rings is 2.